The van der Waals surface area contributed by atoms with E-state index < -0.39 is 22.0 Å². The van der Waals surface area contributed by atoms with Crippen molar-refractivity contribution in [3.8, 4) is 5.75 Å². The number of nitrogens with one attached hydrogen (secondary N) is 3. The van der Waals surface area contributed by atoms with Crippen molar-refractivity contribution >= 4 is 27.6 Å². The molecule has 0 saturated carbocycles. The summed E-state index contributed by atoms with van der Waals surface area (Å²) in [4.78, 5) is 27.9. The Kier molecular flexibility index (Phi) is 6.15. The van der Waals surface area contributed by atoms with Crippen LogP contribution in [0.5, 0.6) is 5.75 Å². The third kappa shape index (κ3) is 4.71. The number of benzene rings is 2. The van der Waals surface area contributed by atoms with Gasteiger partial charge in [0.2, 0.25) is 0 Å². The maximum Gasteiger partial charge on any atom is 0.343 e. The minimum Gasteiger partial charge on any atom is -0.496 e. The van der Waals surface area contributed by atoms with Crippen LogP contribution in [0.1, 0.15) is 10.4 Å². The average molecular weight is 379 g/mol. The summed E-state index contributed by atoms with van der Waals surface area (Å²) < 4.78 is 31.7. The van der Waals surface area contributed by atoms with E-state index in [2.05, 4.69) is 15.6 Å². The van der Waals surface area contributed by atoms with Crippen molar-refractivity contribution < 1.29 is 27.6 Å². The first-order valence-electron chi connectivity index (χ1n) is 7.27. The van der Waals surface area contributed by atoms with E-state index in [0.29, 0.717) is 5.69 Å². The van der Waals surface area contributed by atoms with Gasteiger partial charge in [0.15, 0.2) is 0 Å². The molecule has 9 nitrogen and oxygen atoms in total. The van der Waals surface area contributed by atoms with E-state index >= 15 is 0 Å². The molecule has 0 heterocycles. The predicted molar refractivity (Wildman–Crippen MR) is 93.3 cm³/mol. The van der Waals surface area contributed by atoms with Gasteiger partial charge in [-0.05, 0) is 36.4 Å². The highest BCUT2D eigenvalue weighted by atomic mass is 32.2. The van der Waals surface area contributed by atoms with Crippen LogP contribution in [-0.4, -0.2) is 34.6 Å². The van der Waals surface area contributed by atoms with Crippen molar-refractivity contribution in [3.05, 3.63) is 54.1 Å². The van der Waals surface area contributed by atoms with E-state index in [-0.39, 0.29) is 16.2 Å². The fraction of sp³-hybridized carbons (Fsp3) is 0.125. The number of hydroxylamine groups is 1. The lowest BCUT2D eigenvalue weighted by Crippen LogP contribution is -2.31. The summed E-state index contributed by atoms with van der Waals surface area (Å²) in [5.41, 5.74) is 2.49. The number of amides is 3. The lowest BCUT2D eigenvalue weighted by atomic mass is 10.2. The molecule has 0 aliphatic rings. The second-order valence-corrected chi connectivity index (χ2v) is 6.60. The Labute approximate surface area is 150 Å². The van der Waals surface area contributed by atoms with Crippen molar-refractivity contribution in [1.82, 2.24) is 10.2 Å². The molecule has 3 N–H and O–H groups in total. The number of hydrogen-bond acceptors (Lipinski definition) is 6. The molecule has 26 heavy (non-hydrogen) atoms. The fourth-order valence-electron chi connectivity index (χ4n) is 2.03. The maximum absolute atomic E-state index is 12.4. The van der Waals surface area contributed by atoms with E-state index in [1.807, 2.05) is 4.72 Å². The molecule has 0 aliphatic heterocycles. The third-order valence-corrected chi connectivity index (χ3v) is 4.54. The highest BCUT2D eigenvalue weighted by Crippen LogP contribution is 2.19. The highest BCUT2D eigenvalue weighted by molar-refractivity contribution is 7.90. The van der Waals surface area contributed by atoms with Gasteiger partial charge in [0.05, 0.1) is 24.7 Å². The number of anilines is 1. The summed E-state index contributed by atoms with van der Waals surface area (Å²) in [5, 5.41) is 2.43. The van der Waals surface area contributed by atoms with Gasteiger partial charge in [-0.2, -0.15) is 0 Å². The first-order valence-corrected chi connectivity index (χ1v) is 8.76. The fourth-order valence-corrected chi connectivity index (χ4v) is 3.00. The van der Waals surface area contributed by atoms with Crippen molar-refractivity contribution in [2.24, 2.45) is 0 Å². The molecule has 2 aromatic carbocycles. The maximum atomic E-state index is 12.4. The number of rotatable bonds is 6. The van der Waals surface area contributed by atoms with Gasteiger partial charge in [-0.15, -0.1) is 0 Å². The number of methoxy groups -OCH3 is 1. The molecule has 2 aromatic rings. The molecule has 0 spiro atoms. The SMILES string of the molecule is CONC(=O)Nc1ccc(S(=O)(=O)NC(=O)c2ccccc2OC)cc1. The summed E-state index contributed by atoms with van der Waals surface area (Å²) >= 11 is 0. The van der Waals surface area contributed by atoms with Crippen molar-refractivity contribution in [2.45, 2.75) is 4.90 Å². The van der Waals surface area contributed by atoms with Gasteiger partial charge in [0, 0.05) is 5.69 Å². The number of para-hydroxylation sites is 1. The number of carbonyl (C=O) groups is 2. The standard InChI is InChI=1S/C16H17N3O6S/c1-24-14-6-4-3-5-13(14)15(20)19-26(22,23)12-9-7-11(8-10-12)17-16(21)18-25-2/h3-10H,1-2H3,(H,19,20)(H2,17,18,21). The summed E-state index contributed by atoms with van der Waals surface area (Å²) in [7, 11) is -1.44. The topological polar surface area (TPSA) is 123 Å². The predicted octanol–water partition coefficient (Wildman–Crippen LogP) is 1.50. The van der Waals surface area contributed by atoms with Crippen molar-refractivity contribution in [2.75, 3.05) is 19.5 Å². The monoisotopic (exact) mass is 379 g/mol. The molecule has 138 valence electrons. The van der Waals surface area contributed by atoms with E-state index in [9.17, 15) is 18.0 Å². The number of ether oxygens (including phenoxy) is 1. The van der Waals surface area contributed by atoms with E-state index in [4.69, 9.17) is 4.74 Å². The van der Waals surface area contributed by atoms with Crippen LogP contribution in [0.2, 0.25) is 0 Å². The Bertz CT molecular complexity index is 896. The molecule has 2 rings (SSSR count). The molecule has 0 atom stereocenters. The Balaban J connectivity index is 2.14. The molecule has 0 saturated heterocycles. The van der Waals surface area contributed by atoms with Crippen LogP contribution >= 0.6 is 0 Å². The Morgan fingerprint density at radius 3 is 2.23 bits per heavy atom. The molecular weight excluding hydrogens is 362 g/mol. The Morgan fingerprint density at radius 1 is 0.962 bits per heavy atom. The smallest absolute Gasteiger partial charge is 0.343 e. The Morgan fingerprint density at radius 2 is 1.62 bits per heavy atom. The zero-order valence-corrected chi connectivity index (χ0v) is 14.8. The zero-order valence-electron chi connectivity index (χ0n) is 14.0. The molecule has 0 unspecified atom stereocenters. The Hall–Kier alpha value is -3.11. The third-order valence-electron chi connectivity index (χ3n) is 3.20. The van der Waals surface area contributed by atoms with Gasteiger partial charge in [-0.25, -0.2) is 23.4 Å². The summed E-state index contributed by atoms with van der Waals surface area (Å²) in [6.45, 7) is 0. The second kappa shape index (κ2) is 8.32. The second-order valence-electron chi connectivity index (χ2n) is 4.92. The van der Waals surface area contributed by atoms with Crippen LogP contribution in [0.15, 0.2) is 53.4 Å². The molecule has 0 aromatic heterocycles. The summed E-state index contributed by atoms with van der Waals surface area (Å²) in [6, 6.07) is 10.9. The van der Waals surface area contributed by atoms with Crippen LogP contribution < -0.4 is 20.3 Å². The number of carbonyl (C=O) groups excluding carboxylic acids is 2. The lowest BCUT2D eigenvalue weighted by Gasteiger charge is -2.10. The van der Waals surface area contributed by atoms with Gasteiger partial charge in [-0.3, -0.25) is 9.63 Å². The zero-order chi connectivity index (χ0) is 19.2. The van der Waals surface area contributed by atoms with Crippen LogP contribution in [0, 0.1) is 0 Å². The molecule has 10 heteroatoms. The first-order chi connectivity index (χ1) is 12.4. The van der Waals surface area contributed by atoms with Crippen LogP contribution in [0.25, 0.3) is 0 Å². The molecule has 0 aliphatic carbocycles. The van der Waals surface area contributed by atoms with Crippen molar-refractivity contribution in [1.29, 1.82) is 0 Å². The van der Waals surface area contributed by atoms with Crippen LogP contribution in [-0.2, 0) is 14.9 Å². The quantitative estimate of drug-likeness (QED) is 0.654. The lowest BCUT2D eigenvalue weighted by molar-refractivity contribution is 0.0978. The van der Waals surface area contributed by atoms with Gasteiger partial charge >= 0.3 is 6.03 Å². The van der Waals surface area contributed by atoms with Gasteiger partial charge < -0.3 is 10.1 Å². The highest BCUT2D eigenvalue weighted by Gasteiger charge is 2.21. The summed E-state index contributed by atoms with van der Waals surface area (Å²) in [5.74, 6) is -0.562. The first kappa shape index (κ1) is 19.2. The normalized spacial score (nSPS) is 10.7. The molecular formula is C16H17N3O6S. The van der Waals surface area contributed by atoms with Gasteiger partial charge in [-0.1, -0.05) is 12.1 Å². The summed E-state index contributed by atoms with van der Waals surface area (Å²) in [6.07, 6.45) is 0. The minimum atomic E-state index is -4.10. The van der Waals surface area contributed by atoms with Crippen molar-refractivity contribution in [3.63, 3.8) is 0 Å². The van der Waals surface area contributed by atoms with E-state index in [1.54, 1.807) is 18.2 Å². The minimum absolute atomic E-state index is 0.0908. The molecule has 0 bridgehead atoms. The molecule has 0 radical (unpaired) electrons. The van der Waals surface area contributed by atoms with E-state index in [1.165, 1.54) is 44.6 Å². The largest absolute Gasteiger partial charge is 0.496 e. The molecule has 0 fully saturated rings. The van der Waals surface area contributed by atoms with Gasteiger partial charge in [0.1, 0.15) is 5.75 Å². The average Bonchev–Trinajstić information content (AvgIpc) is 2.62. The van der Waals surface area contributed by atoms with Crippen LogP contribution in [0.3, 0.4) is 0 Å². The molecule has 3 amide bonds. The van der Waals surface area contributed by atoms with E-state index in [0.717, 1.165) is 0 Å². The van der Waals surface area contributed by atoms with Gasteiger partial charge in [0.25, 0.3) is 15.9 Å². The number of hydrogen-bond donors (Lipinski definition) is 3. The van der Waals surface area contributed by atoms with Crippen LogP contribution in [0.4, 0.5) is 10.5 Å². The number of urea groups is 1. The number of sulfonamides is 1.